The van der Waals surface area contributed by atoms with Gasteiger partial charge in [-0.2, -0.15) is 0 Å². The zero-order valence-corrected chi connectivity index (χ0v) is 13.2. The first-order valence-corrected chi connectivity index (χ1v) is 8.00. The molecule has 1 saturated heterocycles. The van der Waals surface area contributed by atoms with E-state index in [4.69, 9.17) is 10.5 Å². The molecule has 1 aliphatic heterocycles. The number of anilines is 1. The van der Waals surface area contributed by atoms with Gasteiger partial charge in [-0.15, -0.1) is 0 Å². The lowest BCUT2D eigenvalue weighted by molar-refractivity contribution is -0.0459. The molecule has 0 bridgehead atoms. The standard InChI is InChI=1S/C16H28N4O/c1-3-7-20-8-9-21-15(12-20)14(18-4-2)10-13-5-6-19-16(17)11-13/h5-6,11,14-15,18H,3-4,7-10,12H2,1-2H3,(H2,17,19). The summed E-state index contributed by atoms with van der Waals surface area (Å²) in [5, 5.41) is 3.57. The van der Waals surface area contributed by atoms with Gasteiger partial charge in [-0.3, -0.25) is 4.90 Å². The van der Waals surface area contributed by atoms with E-state index < -0.39 is 0 Å². The van der Waals surface area contributed by atoms with E-state index in [-0.39, 0.29) is 6.10 Å². The molecule has 0 radical (unpaired) electrons. The van der Waals surface area contributed by atoms with Gasteiger partial charge in [0.25, 0.3) is 0 Å². The molecular weight excluding hydrogens is 264 g/mol. The van der Waals surface area contributed by atoms with E-state index in [1.165, 1.54) is 12.0 Å². The van der Waals surface area contributed by atoms with Crippen LogP contribution in [0.25, 0.3) is 0 Å². The highest BCUT2D eigenvalue weighted by molar-refractivity contribution is 5.32. The summed E-state index contributed by atoms with van der Waals surface area (Å²) in [4.78, 5) is 6.56. The molecule has 118 valence electrons. The van der Waals surface area contributed by atoms with Crippen LogP contribution in [-0.4, -0.2) is 54.8 Å². The summed E-state index contributed by atoms with van der Waals surface area (Å²) in [6, 6.07) is 4.31. The Morgan fingerprint density at radius 1 is 1.52 bits per heavy atom. The number of hydrogen-bond donors (Lipinski definition) is 2. The lowest BCUT2D eigenvalue weighted by Crippen LogP contribution is -2.53. The molecule has 0 aromatic carbocycles. The molecule has 2 atom stereocenters. The van der Waals surface area contributed by atoms with Gasteiger partial charge in [0.2, 0.25) is 0 Å². The van der Waals surface area contributed by atoms with Crippen LogP contribution in [0.1, 0.15) is 25.8 Å². The summed E-state index contributed by atoms with van der Waals surface area (Å²) >= 11 is 0. The fourth-order valence-corrected chi connectivity index (χ4v) is 2.97. The Labute approximate surface area is 127 Å². The van der Waals surface area contributed by atoms with Gasteiger partial charge < -0.3 is 15.8 Å². The van der Waals surface area contributed by atoms with Crippen LogP contribution in [0.4, 0.5) is 5.82 Å². The average molecular weight is 292 g/mol. The summed E-state index contributed by atoms with van der Waals surface area (Å²) < 4.78 is 6.02. The van der Waals surface area contributed by atoms with Crippen molar-refractivity contribution < 1.29 is 4.74 Å². The molecule has 1 aliphatic rings. The predicted molar refractivity (Wildman–Crippen MR) is 86.3 cm³/mol. The zero-order chi connectivity index (χ0) is 15.1. The third kappa shape index (κ3) is 4.95. The van der Waals surface area contributed by atoms with E-state index in [2.05, 4.69) is 29.0 Å². The van der Waals surface area contributed by atoms with E-state index in [0.717, 1.165) is 39.2 Å². The summed E-state index contributed by atoms with van der Waals surface area (Å²) in [7, 11) is 0. The van der Waals surface area contributed by atoms with E-state index in [1.807, 2.05) is 12.1 Å². The summed E-state index contributed by atoms with van der Waals surface area (Å²) in [5.74, 6) is 0.583. The van der Waals surface area contributed by atoms with Crippen LogP contribution in [0.5, 0.6) is 0 Å². The lowest BCUT2D eigenvalue weighted by atomic mass is 10.0. The maximum Gasteiger partial charge on any atom is 0.123 e. The first kappa shape index (κ1) is 16.2. The summed E-state index contributed by atoms with van der Waals surface area (Å²) in [6.07, 6.45) is 4.13. The first-order chi connectivity index (χ1) is 10.2. The lowest BCUT2D eigenvalue weighted by Gasteiger charge is -2.37. The molecule has 2 unspecified atom stereocenters. The molecule has 0 aliphatic carbocycles. The van der Waals surface area contributed by atoms with Crippen LogP contribution >= 0.6 is 0 Å². The van der Waals surface area contributed by atoms with Crippen molar-refractivity contribution in [3.05, 3.63) is 23.9 Å². The van der Waals surface area contributed by atoms with Crippen LogP contribution in [0.15, 0.2) is 18.3 Å². The summed E-state index contributed by atoms with van der Waals surface area (Å²) in [6.45, 7) is 9.34. The maximum atomic E-state index is 6.02. The molecule has 2 rings (SSSR count). The smallest absolute Gasteiger partial charge is 0.123 e. The fourth-order valence-electron chi connectivity index (χ4n) is 2.97. The number of nitrogens with one attached hydrogen (secondary N) is 1. The van der Waals surface area contributed by atoms with Crippen LogP contribution < -0.4 is 11.1 Å². The molecule has 2 heterocycles. The van der Waals surface area contributed by atoms with Crippen molar-refractivity contribution in [2.45, 2.75) is 38.8 Å². The topological polar surface area (TPSA) is 63.4 Å². The minimum atomic E-state index is 0.236. The first-order valence-electron chi connectivity index (χ1n) is 8.00. The van der Waals surface area contributed by atoms with Crippen LogP contribution in [-0.2, 0) is 11.2 Å². The average Bonchev–Trinajstić information content (AvgIpc) is 2.47. The number of nitrogen functional groups attached to an aromatic ring is 1. The third-order valence-corrected chi connectivity index (χ3v) is 3.93. The zero-order valence-electron chi connectivity index (χ0n) is 13.2. The van der Waals surface area contributed by atoms with Crippen molar-refractivity contribution in [2.24, 2.45) is 0 Å². The van der Waals surface area contributed by atoms with Crippen molar-refractivity contribution in [1.29, 1.82) is 0 Å². The van der Waals surface area contributed by atoms with Crippen LogP contribution in [0.3, 0.4) is 0 Å². The highest BCUT2D eigenvalue weighted by Crippen LogP contribution is 2.15. The Morgan fingerprint density at radius 3 is 3.10 bits per heavy atom. The monoisotopic (exact) mass is 292 g/mol. The number of morpholine rings is 1. The van der Waals surface area contributed by atoms with Crippen molar-refractivity contribution in [3.63, 3.8) is 0 Å². The van der Waals surface area contributed by atoms with Crippen molar-refractivity contribution in [2.75, 3.05) is 38.5 Å². The van der Waals surface area contributed by atoms with Gasteiger partial charge >= 0.3 is 0 Å². The minimum Gasteiger partial charge on any atom is -0.384 e. The van der Waals surface area contributed by atoms with E-state index in [1.54, 1.807) is 6.20 Å². The Balaban J connectivity index is 2.00. The molecule has 0 amide bonds. The number of aromatic nitrogens is 1. The van der Waals surface area contributed by atoms with Gasteiger partial charge in [-0.25, -0.2) is 4.98 Å². The van der Waals surface area contributed by atoms with Gasteiger partial charge in [0.15, 0.2) is 0 Å². The quantitative estimate of drug-likeness (QED) is 0.793. The van der Waals surface area contributed by atoms with Crippen molar-refractivity contribution in [1.82, 2.24) is 15.2 Å². The molecule has 1 aromatic heterocycles. The van der Waals surface area contributed by atoms with Gasteiger partial charge in [0, 0.05) is 25.3 Å². The number of nitrogens with zero attached hydrogens (tertiary/aromatic N) is 2. The van der Waals surface area contributed by atoms with Crippen LogP contribution in [0.2, 0.25) is 0 Å². The van der Waals surface area contributed by atoms with Crippen molar-refractivity contribution in [3.8, 4) is 0 Å². The number of rotatable bonds is 7. The molecule has 5 heteroatoms. The SMILES string of the molecule is CCCN1CCOC(C(Cc2ccnc(N)c2)NCC)C1. The normalized spacial score (nSPS) is 21.3. The number of hydrogen-bond acceptors (Lipinski definition) is 5. The largest absolute Gasteiger partial charge is 0.384 e. The Bertz CT molecular complexity index is 424. The minimum absolute atomic E-state index is 0.236. The molecule has 0 spiro atoms. The Morgan fingerprint density at radius 2 is 2.38 bits per heavy atom. The Kier molecular flexibility index (Phi) is 6.42. The molecule has 3 N–H and O–H groups in total. The van der Waals surface area contributed by atoms with Crippen molar-refractivity contribution >= 4 is 5.82 Å². The van der Waals surface area contributed by atoms with Gasteiger partial charge in [0.1, 0.15) is 5.82 Å². The third-order valence-electron chi connectivity index (χ3n) is 3.93. The summed E-state index contributed by atoms with van der Waals surface area (Å²) in [5.41, 5.74) is 6.99. The predicted octanol–water partition coefficient (Wildman–Crippen LogP) is 1.30. The molecule has 1 aromatic rings. The van der Waals surface area contributed by atoms with Crippen LogP contribution in [0, 0.1) is 0 Å². The number of likely N-dealkylation sites (N-methyl/N-ethyl adjacent to an activating group) is 1. The Hall–Kier alpha value is -1.17. The molecule has 5 nitrogen and oxygen atoms in total. The van der Waals surface area contributed by atoms with E-state index in [9.17, 15) is 0 Å². The highest BCUT2D eigenvalue weighted by Gasteiger charge is 2.27. The van der Waals surface area contributed by atoms with E-state index in [0.29, 0.717) is 11.9 Å². The van der Waals surface area contributed by atoms with E-state index >= 15 is 0 Å². The molecule has 21 heavy (non-hydrogen) atoms. The highest BCUT2D eigenvalue weighted by atomic mass is 16.5. The molecule has 0 saturated carbocycles. The van der Waals surface area contributed by atoms with Gasteiger partial charge in [-0.05, 0) is 43.6 Å². The van der Waals surface area contributed by atoms with Gasteiger partial charge in [0.05, 0.1) is 12.7 Å². The molecule has 1 fully saturated rings. The van der Waals surface area contributed by atoms with Gasteiger partial charge in [-0.1, -0.05) is 13.8 Å². The molecular formula is C16H28N4O. The second kappa shape index (κ2) is 8.32. The number of nitrogens with two attached hydrogens (primary N) is 1. The number of pyridine rings is 1. The maximum absolute atomic E-state index is 6.02. The number of ether oxygens (including phenoxy) is 1. The second-order valence-corrected chi connectivity index (χ2v) is 5.67. The fraction of sp³-hybridized carbons (Fsp3) is 0.688. The second-order valence-electron chi connectivity index (χ2n) is 5.67.